The minimum absolute atomic E-state index is 0.136. The van der Waals surface area contributed by atoms with Gasteiger partial charge in [-0.3, -0.25) is 14.0 Å². The van der Waals surface area contributed by atoms with Crippen LogP contribution in [0.15, 0.2) is 43.2 Å². The molecule has 4 heterocycles. The molecule has 10 nitrogen and oxygen atoms in total. The molecule has 0 aliphatic rings. The number of anilines is 1. The summed E-state index contributed by atoms with van der Waals surface area (Å²) < 4.78 is 4.61. The highest BCUT2D eigenvalue weighted by Gasteiger charge is 2.17. The van der Waals surface area contributed by atoms with Gasteiger partial charge in [-0.1, -0.05) is 0 Å². The zero-order valence-corrected chi connectivity index (χ0v) is 13.0. The van der Waals surface area contributed by atoms with Crippen molar-refractivity contribution < 1.29 is 4.79 Å². The van der Waals surface area contributed by atoms with E-state index >= 15 is 0 Å². The van der Waals surface area contributed by atoms with Gasteiger partial charge in [0.15, 0.2) is 22.9 Å². The average Bonchev–Trinajstić information content (AvgIpc) is 3.33. The van der Waals surface area contributed by atoms with E-state index in [0.29, 0.717) is 17.2 Å². The first-order valence-electron chi connectivity index (χ1n) is 7.24. The summed E-state index contributed by atoms with van der Waals surface area (Å²) in [7, 11) is 1.67. The van der Waals surface area contributed by atoms with Crippen LogP contribution in [0.25, 0.3) is 11.5 Å². The molecule has 0 saturated heterocycles. The highest BCUT2D eigenvalue weighted by molar-refractivity contribution is 6.03. The van der Waals surface area contributed by atoms with Crippen LogP contribution in [0.3, 0.4) is 0 Å². The largest absolute Gasteiger partial charge is 0.317 e. The quantitative estimate of drug-likeness (QED) is 0.591. The van der Waals surface area contributed by atoms with Gasteiger partial charge in [-0.05, 0) is 12.1 Å². The molecule has 122 valence electrons. The van der Waals surface area contributed by atoms with Crippen molar-refractivity contribution in [2.75, 3.05) is 5.32 Å². The van der Waals surface area contributed by atoms with Gasteiger partial charge < -0.3 is 5.32 Å². The van der Waals surface area contributed by atoms with Gasteiger partial charge in [0.1, 0.15) is 12.4 Å². The molecule has 0 saturated carbocycles. The zero-order chi connectivity index (χ0) is 17.4. The van der Waals surface area contributed by atoms with Crippen LogP contribution in [0.1, 0.15) is 16.2 Å². The normalized spacial score (nSPS) is 10.7. The molecular weight excluding hydrogens is 322 g/mol. The summed E-state index contributed by atoms with van der Waals surface area (Å²) in [6, 6.07) is 5.47. The average molecular weight is 333 g/mol. The van der Waals surface area contributed by atoms with Crippen molar-refractivity contribution in [2.24, 2.45) is 7.05 Å². The number of carbonyl (C=O) groups excluding carboxylic acids is 1. The molecule has 0 fully saturated rings. The maximum atomic E-state index is 12.6. The molecule has 4 aromatic rings. The second-order valence-electron chi connectivity index (χ2n) is 5.21. The van der Waals surface area contributed by atoms with Gasteiger partial charge in [-0.15, -0.1) is 5.10 Å². The Morgan fingerprint density at radius 1 is 1.32 bits per heavy atom. The Balaban J connectivity index is 1.72. The molecule has 0 spiro atoms. The first-order valence-corrected chi connectivity index (χ1v) is 7.24. The van der Waals surface area contributed by atoms with Crippen molar-refractivity contribution >= 4 is 17.2 Å². The van der Waals surface area contributed by atoms with Gasteiger partial charge >= 0.3 is 0 Å². The first kappa shape index (κ1) is 14.6. The molecule has 0 aliphatic carbocycles. The van der Waals surface area contributed by atoms with Crippen molar-refractivity contribution in [3.8, 4) is 11.9 Å². The number of nitrogens with one attached hydrogen (secondary N) is 1. The van der Waals surface area contributed by atoms with Gasteiger partial charge in [0, 0.05) is 25.6 Å². The van der Waals surface area contributed by atoms with E-state index in [1.54, 1.807) is 48.7 Å². The second kappa shape index (κ2) is 5.57. The molecule has 1 amide bonds. The van der Waals surface area contributed by atoms with Crippen molar-refractivity contribution in [2.45, 2.75) is 0 Å². The molecule has 4 rings (SSSR count). The minimum atomic E-state index is -0.438. The lowest BCUT2D eigenvalue weighted by Crippen LogP contribution is -2.16. The maximum absolute atomic E-state index is 12.6. The Hall–Kier alpha value is -4.00. The van der Waals surface area contributed by atoms with E-state index in [0.717, 1.165) is 0 Å². The van der Waals surface area contributed by atoms with E-state index in [2.05, 4.69) is 25.5 Å². The Kier molecular flexibility index (Phi) is 3.25. The third-order valence-electron chi connectivity index (χ3n) is 3.53. The van der Waals surface area contributed by atoms with Gasteiger partial charge in [0.2, 0.25) is 0 Å². The molecule has 25 heavy (non-hydrogen) atoms. The van der Waals surface area contributed by atoms with Crippen molar-refractivity contribution in [1.82, 2.24) is 33.9 Å². The van der Waals surface area contributed by atoms with Crippen LogP contribution in [0.2, 0.25) is 0 Å². The van der Waals surface area contributed by atoms with E-state index in [1.807, 2.05) is 6.07 Å². The maximum Gasteiger partial charge on any atom is 0.276 e. The molecule has 10 heteroatoms. The lowest BCUT2D eigenvalue weighted by atomic mass is 10.3. The monoisotopic (exact) mass is 333 g/mol. The van der Waals surface area contributed by atoms with Crippen LogP contribution >= 0.6 is 0 Å². The smallest absolute Gasteiger partial charge is 0.276 e. The molecule has 4 aromatic heterocycles. The summed E-state index contributed by atoms with van der Waals surface area (Å²) in [6.07, 6.45) is 7.99. The number of nitrogens with zero attached hydrogens (tertiary/aromatic N) is 8. The number of imidazole rings is 2. The number of carbonyl (C=O) groups is 1. The standard InChI is InChI=1S/C15H11N9O/c1-22-8-11(10(6-16)20-22)19-15(25)12-7-18-13-2-3-14(21-24(12)13)23-5-4-17-9-23/h2-5,7-9H,1H3,(H,19,25). The summed E-state index contributed by atoms with van der Waals surface area (Å²) in [5, 5.41) is 20.1. The summed E-state index contributed by atoms with van der Waals surface area (Å²) in [4.78, 5) is 20.7. The number of hydrogen-bond donors (Lipinski definition) is 1. The summed E-state index contributed by atoms with van der Waals surface area (Å²) in [5.74, 6) is 0.156. The number of hydrogen-bond acceptors (Lipinski definition) is 6. The van der Waals surface area contributed by atoms with E-state index in [4.69, 9.17) is 5.26 Å². The summed E-state index contributed by atoms with van der Waals surface area (Å²) in [5.41, 5.74) is 1.23. The molecule has 0 aromatic carbocycles. The van der Waals surface area contributed by atoms with Crippen LogP contribution in [0.4, 0.5) is 5.69 Å². The fraction of sp³-hybridized carbons (Fsp3) is 0.0667. The van der Waals surface area contributed by atoms with Crippen LogP contribution in [0.5, 0.6) is 0 Å². The number of nitriles is 1. The Morgan fingerprint density at radius 2 is 2.20 bits per heavy atom. The van der Waals surface area contributed by atoms with Crippen LogP contribution in [0, 0.1) is 11.3 Å². The third kappa shape index (κ3) is 2.49. The topological polar surface area (TPSA) is 119 Å². The SMILES string of the molecule is Cn1cc(NC(=O)c2cnc3ccc(-n4ccnc4)nn23)c(C#N)n1. The molecule has 0 atom stereocenters. The third-order valence-corrected chi connectivity index (χ3v) is 3.53. The van der Waals surface area contributed by atoms with E-state index < -0.39 is 5.91 Å². The van der Waals surface area contributed by atoms with Gasteiger partial charge in [0.05, 0.1) is 11.9 Å². The fourth-order valence-corrected chi connectivity index (χ4v) is 2.40. The number of fused-ring (bicyclic) bond motifs is 1. The highest BCUT2D eigenvalue weighted by atomic mass is 16.2. The summed E-state index contributed by atoms with van der Waals surface area (Å²) >= 11 is 0. The fourth-order valence-electron chi connectivity index (χ4n) is 2.40. The van der Waals surface area contributed by atoms with E-state index in [1.165, 1.54) is 15.4 Å². The number of amides is 1. The molecule has 0 bridgehead atoms. The predicted molar refractivity (Wildman–Crippen MR) is 86.0 cm³/mol. The molecule has 1 N–H and O–H groups in total. The van der Waals surface area contributed by atoms with Crippen molar-refractivity contribution in [3.63, 3.8) is 0 Å². The number of aromatic nitrogens is 7. The predicted octanol–water partition coefficient (Wildman–Crippen LogP) is 0.772. The minimum Gasteiger partial charge on any atom is -0.317 e. The lowest BCUT2D eigenvalue weighted by Gasteiger charge is -2.05. The molecule has 0 aliphatic heterocycles. The Bertz CT molecular complexity index is 1110. The molecule has 0 unspecified atom stereocenters. The summed E-state index contributed by atoms with van der Waals surface area (Å²) in [6.45, 7) is 0. The Labute approximate surface area is 141 Å². The van der Waals surface area contributed by atoms with Gasteiger partial charge in [-0.25, -0.2) is 14.5 Å². The molecular formula is C15H11N9O. The highest BCUT2D eigenvalue weighted by Crippen LogP contribution is 2.15. The van der Waals surface area contributed by atoms with Crippen LogP contribution in [-0.2, 0) is 7.05 Å². The van der Waals surface area contributed by atoms with Crippen LogP contribution in [-0.4, -0.2) is 39.8 Å². The number of rotatable bonds is 3. The van der Waals surface area contributed by atoms with Crippen LogP contribution < -0.4 is 5.32 Å². The molecule has 0 radical (unpaired) electrons. The van der Waals surface area contributed by atoms with Crippen molar-refractivity contribution in [1.29, 1.82) is 5.26 Å². The Morgan fingerprint density at radius 3 is 2.96 bits per heavy atom. The zero-order valence-electron chi connectivity index (χ0n) is 13.0. The first-order chi connectivity index (χ1) is 12.2. The second-order valence-corrected chi connectivity index (χ2v) is 5.21. The number of aryl methyl sites for hydroxylation is 1. The van der Waals surface area contributed by atoms with Gasteiger partial charge in [0.25, 0.3) is 5.91 Å². The van der Waals surface area contributed by atoms with Crippen molar-refractivity contribution in [3.05, 3.63) is 54.6 Å². The van der Waals surface area contributed by atoms with Gasteiger partial charge in [-0.2, -0.15) is 10.4 Å². The van der Waals surface area contributed by atoms with E-state index in [-0.39, 0.29) is 11.4 Å². The lowest BCUT2D eigenvalue weighted by molar-refractivity contribution is 0.102. The van der Waals surface area contributed by atoms with E-state index in [9.17, 15) is 4.79 Å².